The van der Waals surface area contributed by atoms with Gasteiger partial charge in [-0.25, -0.2) is 5.10 Å². The number of fused-ring (bicyclic) bond motifs is 1. The molecular formula is C21H16N4O5. The monoisotopic (exact) mass is 404 g/mol. The first-order valence-corrected chi connectivity index (χ1v) is 8.96. The van der Waals surface area contributed by atoms with Gasteiger partial charge in [0.15, 0.2) is 11.5 Å². The average molecular weight is 404 g/mol. The van der Waals surface area contributed by atoms with Crippen LogP contribution in [0.3, 0.4) is 0 Å². The number of para-hydroxylation sites is 1. The fourth-order valence-corrected chi connectivity index (χ4v) is 2.84. The second kappa shape index (κ2) is 8.31. The van der Waals surface area contributed by atoms with Gasteiger partial charge in [0, 0.05) is 10.9 Å². The molecule has 0 bridgehead atoms. The van der Waals surface area contributed by atoms with Crippen molar-refractivity contribution in [2.24, 2.45) is 0 Å². The van der Waals surface area contributed by atoms with E-state index in [1.54, 1.807) is 42.5 Å². The SMILES string of the molecule is O=C(NNC(=O)c1n[nH]c(=O)c2ccccc12)c1occc1COc1ccccc1. The van der Waals surface area contributed by atoms with E-state index >= 15 is 0 Å². The van der Waals surface area contributed by atoms with Gasteiger partial charge < -0.3 is 9.15 Å². The van der Waals surface area contributed by atoms with E-state index in [1.807, 2.05) is 18.2 Å². The summed E-state index contributed by atoms with van der Waals surface area (Å²) < 4.78 is 10.9. The van der Waals surface area contributed by atoms with E-state index in [9.17, 15) is 14.4 Å². The number of carbonyl (C=O) groups is 2. The van der Waals surface area contributed by atoms with E-state index in [1.165, 1.54) is 6.26 Å². The molecule has 0 saturated heterocycles. The highest BCUT2D eigenvalue weighted by molar-refractivity contribution is 6.05. The number of furan rings is 1. The number of nitrogens with zero attached hydrogens (tertiary/aromatic N) is 1. The molecule has 2 aromatic heterocycles. The van der Waals surface area contributed by atoms with Crippen LogP contribution in [0.15, 0.2) is 76.1 Å². The zero-order valence-electron chi connectivity index (χ0n) is 15.5. The number of carbonyl (C=O) groups excluding carboxylic acids is 2. The summed E-state index contributed by atoms with van der Waals surface area (Å²) >= 11 is 0. The Morgan fingerprint density at radius 3 is 2.43 bits per heavy atom. The lowest BCUT2D eigenvalue weighted by molar-refractivity contribution is 0.0827. The van der Waals surface area contributed by atoms with Crippen molar-refractivity contribution >= 4 is 22.6 Å². The highest BCUT2D eigenvalue weighted by Gasteiger charge is 2.19. The Hall–Kier alpha value is -4.40. The Balaban J connectivity index is 1.43. The number of H-pyrrole nitrogens is 1. The summed E-state index contributed by atoms with van der Waals surface area (Å²) in [4.78, 5) is 36.7. The maximum Gasteiger partial charge on any atom is 0.305 e. The molecule has 9 heteroatoms. The second-order valence-electron chi connectivity index (χ2n) is 6.23. The van der Waals surface area contributed by atoms with Crippen molar-refractivity contribution in [2.75, 3.05) is 0 Å². The molecule has 0 fully saturated rings. The first-order chi connectivity index (χ1) is 14.6. The van der Waals surface area contributed by atoms with Crippen molar-refractivity contribution in [3.05, 3.63) is 94.3 Å². The van der Waals surface area contributed by atoms with Crippen molar-refractivity contribution in [1.82, 2.24) is 21.0 Å². The molecule has 9 nitrogen and oxygen atoms in total. The minimum atomic E-state index is -0.690. The molecular weight excluding hydrogens is 388 g/mol. The molecule has 2 heterocycles. The number of hydrogen-bond acceptors (Lipinski definition) is 6. The zero-order valence-corrected chi connectivity index (χ0v) is 15.5. The minimum absolute atomic E-state index is 0.00511. The van der Waals surface area contributed by atoms with E-state index in [0.29, 0.717) is 22.1 Å². The van der Waals surface area contributed by atoms with Gasteiger partial charge in [0.05, 0.1) is 11.6 Å². The van der Waals surface area contributed by atoms with Crippen LogP contribution in [0.25, 0.3) is 10.8 Å². The van der Waals surface area contributed by atoms with Crippen LogP contribution in [0.1, 0.15) is 26.6 Å². The van der Waals surface area contributed by atoms with Gasteiger partial charge in [-0.2, -0.15) is 5.10 Å². The highest BCUT2D eigenvalue weighted by Crippen LogP contribution is 2.16. The van der Waals surface area contributed by atoms with Gasteiger partial charge in [-0.15, -0.1) is 0 Å². The van der Waals surface area contributed by atoms with Gasteiger partial charge in [0.1, 0.15) is 12.4 Å². The number of benzene rings is 2. The van der Waals surface area contributed by atoms with Crippen LogP contribution in [-0.2, 0) is 6.61 Å². The predicted octanol–water partition coefficient (Wildman–Crippen LogP) is 2.17. The summed E-state index contributed by atoms with van der Waals surface area (Å²) in [5.41, 5.74) is 4.63. The van der Waals surface area contributed by atoms with Crippen LogP contribution in [0.5, 0.6) is 5.75 Å². The number of rotatable bonds is 5. The standard InChI is InChI=1S/C21H16N4O5/c26-19-16-9-5-4-8-15(16)17(22-23-19)20(27)24-25-21(28)18-13(10-11-29-18)12-30-14-6-2-1-3-7-14/h1-11H,12H2,(H,23,26)(H,24,27)(H,25,28). The first-order valence-electron chi connectivity index (χ1n) is 8.96. The Bertz CT molecular complexity index is 1260. The van der Waals surface area contributed by atoms with Crippen molar-refractivity contribution in [3.8, 4) is 5.75 Å². The summed E-state index contributed by atoms with van der Waals surface area (Å²) in [6.07, 6.45) is 1.36. The largest absolute Gasteiger partial charge is 0.489 e. The van der Waals surface area contributed by atoms with Crippen molar-refractivity contribution in [2.45, 2.75) is 6.61 Å². The van der Waals surface area contributed by atoms with Crippen LogP contribution in [0.2, 0.25) is 0 Å². The number of aromatic amines is 1. The lowest BCUT2D eigenvalue weighted by atomic mass is 10.1. The average Bonchev–Trinajstić information content (AvgIpc) is 3.26. The number of nitrogens with one attached hydrogen (secondary N) is 3. The molecule has 0 spiro atoms. The summed E-state index contributed by atoms with van der Waals surface area (Å²) in [6.45, 7) is 0.114. The first kappa shape index (κ1) is 18.9. The number of hydrazine groups is 1. The normalized spacial score (nSPS) is 10.5. The van der Waals surface area contributed by atoms with Crippen LogP contribution >= 0.6 is 0 Å². The molecule has 2 amide bonds. The smallest absolute Gasteiger partial charge is 0.305 e. The lowest BCUT2D eigenvalue weighted by Crippen LogP contribution is -2.42. The quantitative estimate of drug-likeness (QED) is 0.438. The number of hydrogen-bond donors (Lipinski definition) is 3. The van der Waals surface area contributed by atoms with Crippen LogP contribution in [0, 0.1) is 0 Å². The van der Waals surface area contributed by atoms with Gasteiger partial charge in [-0.1, -0.05) is 36.4 Å². The number of ether oxygens (including phenoxy) is 1. The molecule has 0 saturated carbocycles. The maximum absolute atomic E-state index is 12.5. The van der Waals surface area contributed by atoms with Gasteiger partial charge in [0.2, 0.25) is 0 Å². The lowest BCUT2D eigenvalue weighted by Gasteiger charge is -2.09. The maximum atomic E-state index is 12.5. The number of amides is 2. The van der Waals surface area contributed by atoms with E-state index < -0.39 is 17.4 Å². The Morgan fingerprint density at radius 1 is 0.933 bits per heavy atom. The van der Waals surface area contributed by atoms with Gasteiger partial charge >= 0.3 is 5.91 Å². The molecule has 0 radical (unpaired) electrons. The van der Waals surface area contributed by atoms with Crippen LogP contribution < -0.4 is 21.1 Å². The van der Waals surface area contributed by atoms with Gasteiger partial charge in [-0.05, 0) is 24.3 Å². The third-order valence-electron chi connectivity index (χ3n) is 4.29. The Labute approximate surface area is 169 Å². The molecule has 2 aromatic carbocycles. The van der Waals surface area contributed by atoms with Crippen LogP contribution in [0.4, 0.5) is 0 Å². The summed E-state index contributed by atoms with van der Waals surface area (Å²) in [5, 5.41) is 6.73. The fraction of sp³-hybridized carbons (Fsp3) is 0.0476. The Morgan fingerprint density at radius 2 is 1.63 bits per heavy atom. The third kappa shape index (κ3) is 3.90. The third-order valence-corrected chi connectivity index (χ3v) is 4.29. The summed E-state index contributed by atoms with van der Waals surface area (Å²) in [7, 11) is 0. The predicted molar refractivity (Wildman–Crippen MR) is 107 cm³/mol. The Kier molecular flexibility index (Phi) is 5.25. The molecule has 0 aliphatic rings. The molecule has 0 atom stereocenters. The second-order valence-corrected chi connectivity index (χ2v) is 6.23. The minimum Gasteiger partial charge on any atom is -0.489 e. The van der Waals surface area contributed by atoms with Crippen LogP contribution in [-0.4, -0.2) is 22.0 Å². The zero-order chi connectivity index (χ0) is 20.9. The highest BCUT2D eigenvalue weighted by atomic mass is 16.5. The molecule has 0 aliphatic carbocycles. The van der Waals surface area contributed by atoms with Crippen molar-refractivity contribution < 1.29 is 18.7 Å². The molecule has 3 N–H and O–H groups in total. The van der Waals surface area contributed by atoms with Crippen molar-refractivity contribution in [1.29, 1.82) is 0 Å². The van der Waals surface area contributed by atoms with Gasteiger partial charge in [-0.3, -0.25) is 25.2 Å². The van der Waals surface area contributed by atoms with E-state index in [0.717, 1.165) is 0 Å². The molecule has 150 valence electrons. The van der Waals surface area contributed by atoms with Crippen molar-refractivity contribution in [3.63, 3.8) is 0 Å². The molecule has 4 aromatic rings. The fourth-order valence-electron chi connectivity index (χ4n) is 2.84. The summed E-state index contributed by atoms with van der Waals surface area (Å²) in [6, 6.07) is 17.3. The van der Waals surface area contributed by atoms with E-state index in [4.69, 9.17) is 9.15 Å². The molecule has 0 unspecified atom stereocenters. The van der Waals surface area contributed by atoms with E-state index in [2.05, 4.69) is 21.0 Å². The van der Waals surface area contributed by atoms with Gasteiger partial charge in [0.25, 0.3) is 11.5 Å². The topological polar surface area (TPSA) is 126 Å². The molecule has 4 rings (SSSR count). The molecule has 0 aliphatic heterocycles. The van der Waals surface area contributed by atoms with E-state index in [-0.39, 0.29) is 18.1 Å². The number of aromatic nitrogens is 2. The molecule has 30 heavy (non-hydrogen) atoms. The summed E-state index contributed by atoms with van der Waals surface area (Å²) in [5.74, 6) is -0.696.